The molecule has 8 heteroatoms. The molecule has 0 aliphatic carbocycles. The molecule has 0 bridgehead atoms. The molecule has 25 heavy (non-hydrogen) atoms. The summed E-state index contributed by atoms with van der Waals surface area (Å²) in [5.74, 6) is 0.150. The number of likely N-dealkylation sites (tertiary alicyclic amines) is 1. The normalized spacial score (nSPS) is 15.4. The molecule has 6 nitrogen and oxygen atoms in total. The van der Waals surface area contributed by atoms with Gasteiger partial charge >= 0.3 is 6.09 Å². The summed E-state index contributed by atoms with van der Waals surface area (Å²) in [7, 11) is 0. The lowest BCUT2D eigenvalue weighted by Gasteiger charge is -2.31. The molecule has 1 amide bonds. The third kappa shape index (κ3) is 7.45. The van der Waals surface area contributed by atoms with Crippen molar-refractivity contribution in [2.24, 2.45) is 10.7 Å². The quantitative estimate of drug-likeness (QED) is 0.399. The van der Waals surface area contributed by atoms with Crippen LogP contribution in [0.15, 0.2) is 29.3 Å². The number of nitrogens with one attached hydrogen (secondary N) is 1. The van der Waals surface area contributed by atoms with Gasteiger partial charge in [0, 0.05) is 25.7 Å². The monoisotopic (exact) mass is 464 g/mol. The summed E-state index contributed by atoms with van der Waals surface area (Å²) in [5, 5.41) is 3.18. The molecule has 1 aliphatic heterocycles. The predicted molar refractivity (Wildman–Crippen MR) is 107 cm³/mol. The smallest absolute Gasteiger partial charge is 0.409 e. The van der Waals surface area contributed by atoms with Gasteiger partial charge in [-0.25, -0.2) is 9.18 Å². The average molecular weight is 464 g/mol. The number of carbonyl (C=O) groups is 1. The number of ether oxygens (including phenoxy) is 1. The van der Waals surface area contributed by atoms with Crippen molar-refractivity contribution in [3.63, 3.8) is 0 Å². The molecular weight excluding hydrogens is 438 g/mol. The van der Waals surface area contributed by atoms with Crippen molar-refractivity contribution >= 4 is 36.0 Å². The lowest BCUT2D eigenvalue weighted by Crippen LogP contribution is -2.48. The van der Waals surface area contributed by atoms with Crippen LogP contribution in [0.5, 0.6) is 0 Å². The Morgan fingerprint density at radius 3 is 2.80 bits per heavy atom. The van der Waals surface area contributed by atoms with Crippen molar-refractivity contribution in [1.82, 2.24) is 10.2 Å². The predicted octanol–water partition coefficient (Wildman–Crippen LogP) is 2.51. The van der Waals surface area contributed by atoms with E-state index < -0.39 is 0 Å². The second-order valence-electron chi connectivity index (χ2n) is 5.75. The zero-order valence-electron chi connectivity index (χ0n) is 14.4. The number of nitrogens with zero attached hydrogens (tertiary/aromatic N) is 2. The standard InChI is InChI=1S/C17H25FN4O2.HI/c1-2-24-17(23)22-10-7-15(8-11-22)21-16(19)20-9-6-13-4-3-5-14(18)12-13;/h3-5,12,15H,2,6-11H2,1H3,(H3,19,20,21);1H. The summed E-state index contributed by atoms with van der Waals surface area (Å²) in [5.41, 5.74) is 6.80. The number of nitrogens with two attached hydrogens (primary N) is 1. The Hall–Kier alpha value is -1.58. The number of carbonyl (C=O) groups excluding carboxylic acids is 1. The summed E-state index contributed by atoms with van der Waals surface area (Å²) in [6, 6.07) is 6.68. The highest BCUT2D eigenvalue weighted by Crippen LogP contribution is 2.11. The first-order valence-electron chi connectivity index (χ1n) is 8.31. The van der Waals surface area contributed by atoms with Gasteiger partial charge in [-0.3, -0.25) is 4.99 Å². The molecule has 2 rings (SSSR count). The summed E-state index contributed by atoms with van der Waals surface area (Å²) in [6.07, 6.45) is 1.99. The van der Waals surface area contributed by atoms with E-state index >= 15 is 0 Å². The van der Waals surface area contributed by atoms with Crippen LogP contribution in [0.1, 0.15) is 25.3 Å². The number of halogens is 2. The Morgan fingerprint density at radius 1 is 1.44 bits per heavy atom. The summed E-state index contributed by atoms with van der Waals surface area (Å²) in [6.45, 7) is 3.99. The summed E-state index contributed by atoms with van der Waals surface area (Å²) in [4.78, 5) is 17.6. The van der Waals surface area contributed by atoms with Gasteiger partial charge in [-0.2, -0.15) is 0 Å². The highest BCUT2D eigenvalue weighted by Gasteiger charge is 2.23. The lowest BCUT2D eigenvalue weighted by atomic mass is 10.1. The molecule has 1 heterocycles. The maximum Gasteiger partial charge on any atom is 0.409 e. The van der Waals surface area contributed by atoms with Crippen molar-refractivity contribution in [1.29, 1.82) is 0 Å². The van der Waals surface area contributed by atoms with Gasteiger partial charge in [0.05, 0.1) is 6.61 Å². The van der Waals surface area contributed by atoms with Crippen molar-refractivity contribution in [2.45, 2.75) is 32.2 Å². The maximum atomic E-state index is 13.1. The second kappa shape index (κ2) is 11.1. The van der Waals surface area contributed by atoms with Crippen molar-refractivity contribution in [3.8, 4) is 0 Å². The Morgan fingerprint density at radius 2 is 2.16 bits per heavy atom. The fraction of sp³-hybridized carbons (Fsp3) is 0.529. The van der Waals surface area contributed by atoms with Gasteiger partial charge in [0.2, 0.25) is 0 Å². The van der Waals surface area contributed by atoms with Gasteiger partial charge in [-0.1, -0.05) is 12.1 Å². The van der Waals surface area contributed by atoms with Gasteiger partial charge in [0.25, 0.3) is 0 Å². The molecule has 0 atom stereocenters. The lowest BCUT2D eigenvalue weighted by molar-refractivity contribution is 0.0963. The van der Waals surface area contributed by atoms with Crippen LogP contribution in [0.3, 0.4) is 0 Å². The minimum atomic E-state index is -0.257. The van der Waals surface area contributed by atoms with Crippen molar-refractivity contribution < 1.29 is 13.9 Å². The fourth-order valence-electron chi connectivity index (χ4n) is 2.67. The molecule has 0 spiro atoms. The number of piperidine rings is 1. The zero-order valence-corrected chi connectivity index (χ0v) is 16.7. The molecule has 0 aromatic heterocycles. The van der Waals surface area contributed by atoms with E-state index in [-0.39, 0.29) is 41.9 Å². The van der Waals surface area contributed by atoms with Crippen LogP contribution in [0, 0.1) is 5.82 Å². The molecule has 0 radical (unpaired) electrons. The van der Waals surface area contributed by atoms with Gasteiger partial charge in [-0.05, 0) is 43.9 Å². The fourth-order valence-corrected chi connectivity index (χ4v) is 2.67. The Kier molecular flexibility index (Phi) is 9.54. The molecule has 1 saturated heterocycles. The first kappa shape index (κ1) is 21.5. The van der Waals surface area contributed by atoms with Gasteiger partial charge < -0.3 is 20.7 Å². The number of amides is 1. The van der Waals surface area contributed by atoms with E-state index in [0.29, 0.717) is 38.6 Å². The minimum absolute atomic E-state index is 0. The Labute approximate surface area is 165 Å². The largest absolute Gasteiger partial charge is 0.450 e. The van der Waals surface area contributed by atoms with Crippen LogP contribution < -0.4 is 11.1 Å². The van der Waals surface area contributed by atoms with Crippen LogP contribution in [0.2, 0.25) is 0 Å². The Balaban J connectivity index is 0.00000312. The minimum Gasteiger partial charge on any atom is -0.450 e. The van der Waals surface area contributed by atoms with E-state index in [1.807, 2.05) is 6.07 Å². The summed E-state index contributed by atoms with van der Waals surface area (Å²) < 4.78 is 18.1. The van der Waals surface area contributed by atoms with Crippen LogP contribution in [-0.2, 0) is 11.2 Å². The zero-order chi connectivity index (χ0) is 17.4. The molecule has 1 aromatic rings. The van der Waals surface area contributed by atoms with E-state index in [1.54, 1.807) is 17.9 Å². The molecule has 0 saturated carbocycles. The molecular formula is C17H26FIN4O2. The highest BCUT2D eigenvalue weighted by atomic mass is 127. The van der Waals surface area contributed by atoms with E-state index in [0.717, 1.165) is 18.4 Å². The first-order chi connectivity index (χ1) is 11.6. The average Bonchev–Trinajstić information content (AvgIpc) is 2.56. The second-order valence-corrected chi connectivity index (χ2v) is 5.75. The van der Waals surface area contributed by atoms with Crippen LogP contribution in [0.25, 0.3) is 0 Å². The molecule has 0 unspecified atom stereocenters. The number of benzene rings is 1. The van der Waals surface area contributed by atoms with Gasteiger partial charge in [0.15, 0.2) is 5.96 Å². The van der Waals surface area contributed by atoms with E-state index in [4.69, 9.17) is 10.5 Å². The molecule has 1 fully saturated rings. The van der Waals surface area contributed by atoms with Crippen molar-refractivity contribution in [2.75, 3.05) is 26.2 Å². The van der Waals surface area contributed by atoms with Crippen LogP contribution >= 0.6 is 24.0 Å². The van der Waals surface area contributed by atoms with E-state index in [2.05, 4.69) is 10.3 Å². The maximum absolute atomic E-state index is 13.1. The number of guanidine groups is 1. The van der Waals surface area contributed by atoms with Gasteiger partial charge in [0.1, 0.15) is 5.82 Å². The molecule has 3 N–H and O–H groups in total. The van der Waals surface area contributed by atoms with Crippen LogP contribution in [-0.4, -0.2) is 49.2 Å². The van der Waals surface area contributed by atoms with Gasteiger partial charge in [-0.15, -0.1) is 24.0 Å². The number of rotatable bonds is 5. The number of aliphatic imine (C=N–C) groups is 1. The van der Waals surface area contributed by atoms with E-state index in [9.17, 15) is 9.18 Å². The van der Waals surface area contributed by atoms with Crippen molar-refractivity contribution in [3.05, 3.63) is 35.6 Å². The molecule has 1 aliphatic rings. The van der Waals surface area contributed by atoms with Crippen LogP contribution in [0.4, 0.5) is 9.18 Å². The third-order valence-corrected chi connectivity index (χ3v) is 3.94. The highest BCUT2D eigenvalue weighted by molar-refractivity contribution is 14.0. The number of hydrogen-bond acceptors (Lipinski definition) is 3. The first-order valence-corrected chi connectivity index (χ1v) is 8.31. The summed E-state index contributed by atoms with van der Waals surface area (Å²) >= 11 is 0. The van der Waals surface area contributed by atoms with E-state index in [1.165, 1.54) is 12.1 Å². The molecule has 140 valence electrons. The molecule has 1 aromatic carbocycles. The number of hydrogen-bond donors (Lipinski definition) is 2. The Bertz CT molecular complexity index is 578. The topological polar surface area (TPSA) is 80.0 Å². The third-order valence-electron chi connectivity index (χ3n) is 3.94. The SMILES string of the molecule is CCOC(=O)N1CCC(NC(N)=NCCc2cccc(F)c2)CC1.I.